The fourth-order valence-electron chi connectivity index (χ4n) is 4.71. The van der Waals surface area contributed by atoms with Crippen LogP contribution in [0.2, 0.25) is 0 Å². The largest absolute Gasteiger partial charge is 0.370 e. The van der Waals surface area contributed by atoms with E-state index in [-0.39, 0.29) is 29.5 Å². The number of guanidine groups is 1. The second-order valence-corrected chi connectivity index (χ2v) is 8.92. The van der Waals surface area contributed by atoms with E-state index in [0.717, 1.165) is 12.2 Å². The van der Waals surface area contributed by atoms with E-state index in [4.69, 9.17) is 10.7 Å². The maximum absolute atomic E-state index is 6.23. The summed E-state index contributed by atoms with van der Waals surface area (Å²) in [6, 6.07) is 6.62. The fourth-order valence-corrected chi connectivity index (χ4v) is 5.62. The van der Waals surface area contributed by atoms with Crippen molar-refractivity contribution in [2.75, 3.05) is 36.5 Å². The first-order valence-corrected chi connectivity index (χ1v) is 10.9. The lowest BCUT2D eigenvalue weighted by molar-refractivity contribution is 0.112. The molecule has 0 amide bonds. The number of hydrogen-bond donors (Lipinski definition) is 2. The summed E-state index contributed by atoms with van der Waals surface area (Å²) < 4.78 is 0. The second-order valence-electron chi connectivity index (χ2n) is 7.69. The molecule has 0 aromatic heterocycles. The number of fused-ring (bicyclic) bond motifs is 1. The molecule has 2 fully saturated rings. The van der Waals surface area contributed by atoms with E-state index in [2.05, 4.69) is 40.2 Å². The van der Waals surface area contributed by atoms with Crippen LogP contribution in [0.4, 0.5) is 5.69 Å². The van der Waals surface area contributed by atoms with Crippen LogP contribution in [0.5, 0.6) is 0 Å². The summed E-state index contributed by atoms with van der Waals surface area (Å²) in [5.41, 5.74) is 10.5. The minimum Gasteiger partial charge on any atom is -0.370 e. The van der Waals surface area contributed by atoms with Gasteiger partial charge in [-0.25, -0.2) is 0 Å². The number of nitrogens with two attached hydrogens (primary N) is 1. The summed E-state index contributed by atoms with van der Waals surface area (Å²) >= 11 is 2.08. The van der Waals surface area contributed by atoms with Gasteiger partial charge in [-0.15, -0.1) is 24.0 Å². The predicted octanol–water partition coefficient (Wildman–Crippen LogP) is 3.88. The Balaban J connectivity index is 0.00000196. The van der Waals surface area contributed by atoms with Crippen LogP contribution in [0.1, 0.15) is 43.2 Å². The Labute approximate surface area is 178 Å². The molecule has 1 aliphatic heterocycles. The van der Waals surface area contributed by atoms with Gasteiger partial charge in [-0.3, -0.25) is 9.89 Å². The minimum atomic E-state index is 0. The summed E-state index contributed by atoms with van der Waals surface area (Å²) in [7, 11) is 0. The zero-order valence-corrected chi connectivity index (χ0v) is 18.7. The van der Waals surface area contributed by atoms with Crippen LogP contribution < -0.4 is 11.1 Å². The van der Waals surface area contributed by atoms with Crippen molar-refractivity contribution in [1.82, 2.24) is 4.90 Å². The van der Waals surface area contributed by atoms with Crippen LogP contribution in [0.25, 0.3) is 0 Å². The van der Waals surface area contributed by atoms with Crippen molar-refractivity contribution in [2.45, 2.75) is 50.5 Å². The van der Waals surface area contributed by atoms with E-state index in [1.54, 1.807) is 0 Å². The summed E-state index contributed by atoms with van der Waals surface area (Å²) in [6.45, 7) is 3.25. The highest BCUT2D eigenvalue weighted by molar-refractivity contribution is 14.0. The third kappa shape index (κ3) is 4.50. The van der Waals surface area contributed by atoms with E-state index < -0.39 is 0 Å². The standard InChI is InChI=1S/C20H30N4S.HI/c21-19(23-18-7-6-16-4-3-5-17(16)14-18)22-15-20(8-1-2-9-20)24-10-12-25-13-11-24;/h6-7,14H,1-5,8-13,15H2,(H3,21,22,23);1H. The Morgan fingerprint density at radius 3 is 2.62 bits per heavy atom. The van der Waals surface area contributed by atoms with Crippen molar-refractivity contribution in [2.24, 2.45) is 10.7 Å². The van der Waals surface area contributed by atoms with Gasteiger partial charge < -0.3 is 11.1 Å². The van der Waals surface area contributed by atoms with Gasteiger partial charge in [0.2, 0.25) is 0 Å². The van der Waals surface area contributed by atoms with Gasteiger partial charge in [0, 0.05) is 35.8 Å². The Hall–Kier alpha value is -0.470. The van der Waals surface area contributed by atoms with Gasteiger partial charge in [-0.05, 0) is 55.4 Å². The molecule has 1 aromatic carbocycles. The van der Waals surface area contributed by atoms with E-state index in [0.29, 0.717) is 5.96 Å². The highest BCUT2D eigenvalue weighted by Crippen LogP contribution is 2.37. The Morgan fingerprint density at radius 2 is 1.85 bits per heavy atom. The Bertz CT molecular complexity index is 637. The van der Waals surface area contributed by atoms with E-state index in [1.165, 1.54) is 80.7 Å². The normalized spacial score (nSPS) is 22.7. The number of aliphatic imine (C=N–C) groups is 1. The average molecular weight is 486 g/mol. The third-order valence-corrected chi connectivity index (χ3v) is 7.07. The number of nitrogens with one attached hydrogen (secondary N) is 1. The topological polar surface area (TPSA) is 53.6 Å². The van der Waals surface area contributed by atoms with Gasteiger partial charge in [0.15, 0.2) is 5.96 Å². The van der Waals surface area contributed by atoms with Crippen molar-refractivity contribution in [3.05, 3.63) is 29.3 Å². The average Bonchev–Trinajstić information content (AvgIpc) is 3.30. The smallest absolute Gasteiger partial charge is 0.193 e. The summed E-state index contributed by atoms with van der Waals surface area (Å²) in [5.74, 6) is 3.08. The number of hydrogen-bond acceptors (Lipinski definition) is 3. The van der Waals surface area contributed by atoms with Crippen molar-refractivity contribution < 1.29 is 0 Å². The van der Waals surface area contributed by atoms with Crippen molar-refractivity contribution >= 4 is 47.4 Å². The molecule has 0 unspecified atom stereocenters. The zero-order chi connectivity index (χ0) is 17.1. The maximum atomic E-state index is 6.23. The molecule has 3 aliphatic rings. The van der Waals surface area contributed by atoms with Gasteiger partial charge in [0.05, 0.1) is 6.54 Å². The second kappa shape index (κ2) is 9.15. The lowest BCUT2D eigenvalue weighted by Crippen LogP contribution is -2.52. The van der Waals surface area contributed by atoms with Crippen LogP contribution in [-0.4, -0.2) is 47.5 Å². The van der Waals surface area contributed by atoms with Gasteiger partial charge in [0.1, 0.15) is 0 Å². The van der Waals surface area contributed by atoms with Crippen LogP contribution in [0.15, 0.2) is 23.2 Å². The molecule has 1 aromatic rings. The first kappa shape index (κ1) is 20.3. The van der Waals surface area contributed by atoms with Crippen LogP contribution in [0, 0.1) is 0 Å². The summed E-state index contributed by atoms with van der Waals surface area (Å²) in [4.78, 5) is 7.47. The maximum Gasteiger partial charge on any atom is 0.193 e. The number of thioether (sulfide) groups is 1. The van der Waals surface area contributed by atoms with Crippen LogP contribution >= 0.6 is 35.7 Å². The molecule has 1 saturated carbocycles. The number of aryl methyl sites for hydroxylation is 2. The van der Waals surface area contributed by atoms with Crippen molar-refractivity contribution in [1.29, 1.82) is 0 Å². The molecule has 26 heavy (non-hydrogen) atoms. The fraction of sp³-hybridized carbons (Fsp3) is 0.650. The molecule has 1 saturated heterocycles. The van der Waals surface area contributed by atoms with E-state index in [1.807, 2.05) is 0 Å². The summed E-state index contributed by atoms with van der Waals surface area (Å²) in [5, 5.41) is 3.32. The highest BCUT2D eigenvalue weighted by atomic mass is 127. The number of anilines is 1. The molecular formula is C20H31IN4S. The summed E-state index contributed by atoms with van der Waals surface area (Å²) in [6.07, 6.45) is 8.89. The first-order chi connectivity index (χ1) is 12.3. The molecular weight excluding hydrogens is 455 g/mol. The number of benzene rings is 1. The first-order valence-electron chi connectivity index (χ1n) is 9.77. The van der Waals surface area contributed by atoms with Crippen molar-refractivity contribution in [3.63, 3.8) is 0 Å². The van der Waals surface area contributed by atoms with Gasteiger partial charge in [-0.2, -0.15) is 11.8 Å². The third-order valence-electron chi connectivity index (χ3n) is 6.13. The molecule has 0 bridgehead atoms. The molecule has 0 atom stereocenters. The number of nitrogens with zero attached hydrogens (tertiary/aromatic N) is 2. The Morgan fingerprint density at radius 1 is 1.12 bits per heavy atom. The molecule has 6 heteroatoms. The highest BCUT2D eigenvalue weighted by Gasteiger charge is 2.39. The van der Waals surface area contributed by atoms with Gasteiger partial charge >= 0.3 is 0 Å². The quantitative estimate of drug-likeness (QED) is 0.386. The minimum absolute atomic E-state index is 0. The molecule has 2 aliphatic carbocycles. The predicted molar refractivity (Wildman–Crippen MR) is 124 cm³/mol. The van der Waals surface area contributed by atoms with Crippen molar-refractivity contribution in [3.8, 4) is 0 Å². The van der Waals surface area contributed by atoms with Gasteiger partial charge in [-0.1, -0.05) is 18.9 Å². The zero-order valence-electron chi connectivity index (χ0n) is 15.5. The molecule has 3 N–H and O–H groups in total. The van der Waals surface area contributed by atoms with Gasteiger partial charge in [0.25, 0.3) is 0 Å². The molecule has 4 nitrogen and oxygen atoms in total. The lowest BCUT2D eigenvalue weighted by atomic mass is 9.95. The SMILES string of the molecule is I.NC(=NCC1(N2CCSCC2)CCCC1)Nc1ccc2c(c1)CCC2. The van der Waals surface area contributed by atoms with Crippen LogP contribution in [0.3, 0.4) is 0 Å². The molecule has 4 rings (SSSR count). The van der Waals surface area contributed by atoms with E-state index >= 15 is 0 Å². The van der Waals surface area contributed by atoms with Crippen LogP contribution in [-0.2, 0) is 12.8 Å². The molecule has 0 spiro atoms. The molecule has 144 valence electrons. The lowest BCUT2D eigenvalue weighted by Gasteiger charge is -2.42. The number of halogens is 1. The Kier molecular flexibility index (Phi) is 7.13. The monoisotopic (exact) mass is 486 g/mol. The van der Waals surface area contributed by atoms with E-state index in [9.17, 15) is 0 Å². The molecule has 1 heterocycles. The molecule has 0 radical (unpaired) electrons. The number of rotatable bonds is 4.